The number of benzene rings is 2. The molecule has 0 aliphatic rings. The number of aromatic nitrogens is 4. The molecule has 37 heavy (non-hydrogen) atoms. The summed E-state index contributed by atoms with van der Waals surface area (Å²) in [5.74, 6) is 2.53. The van der Waals surface area contributed by atoms with Gasteiger partial charge in [0.05, 0.1) is 42.9 Å². The van der Waals surface area contributed by atoms with Crippen LogP contribution in [0.4, 0.5) is 11.9 Å². The second-order valence-corrected chi connectivity index (χ2v) is 8.91. The summed E-state index contributed by atoms with van der Waals surface area (Å²) in [4.78, 5) is 29.1. The van der Waals surface area contributed by atoms with Crippen molar-refractivity contribution in [3.05, 3.63) is 46.4 Å². The maximum Gasteiger partial charge on any atom is 0.260 e. The van der Waals surface area contributed by atoms with Crippen LogP contribution in [0.2, 0.25) is 0 Å². The summed E-state index contributed by atoms with van der Waals surface area (Å²) in [6, 6.07) is 8.77. The van der Waals surface area contributed by atoms with Gasteiger partial charge in [0.15, 0.2) is 11.5 Å². The van der Waals surface area contributed by atoms with E-state index in [2.05, 4.69) is 30.6 Å². The van der Waals surface area contributed by atoms with E-state index in [1.807, 2.05) is 26.8 Å². The second kappa shape index (κ2) is 11.4. The van der Waals surface area contributed by atoms with Crippen molar-refractivity contribution in [2.75, 3.05) is 39.3 Å². The minimum Gasteiger partial charge on any atom is -0.493 e. The van der Waals surface area contributed by atoms with E-state index < -0.39 is 0 Å². The molecule has 2 aromatic carbocycles. The number of rotatable bonds is 11. The average Bonchev–Trinajstić information content (AvgIpc) is 2.88. The molecular formula is C26H32N6O5. The van der Waals surface area contributed by atoms with E-state index >= 15 is 0 Å². The summed E-state index contributed by atoms with van der Waals surface area (Å²) < 4.78 is 16.5. The molecule has 0 bridgehead atoms. The minimum atomic E-state index is -0.319. The fraction of sp³-hybridized carbons (Fsp3) is 0.385. The van der Waals surface area contributed by atoms with Gasteiger partial charge < -0.3 is 24.6 Å². The number of aromatic amines is 1. The smallest absolute Gasteiger partial charge is 0.260 e. The van der Waals surface area contributed by atoms with E-state index in [9.17, 15) is 9.90 Å². The molecule has 11 heteroatoms. The molecule has 4 N–H and O–H groups in total. The zero-order chi connectivity index (χ0) is 26.5. The molecule has 2 heterocycles. The Balaban J connectivity index is 1.51. The fourth-order valence-corrected chi connectivity index (χ4v) is 3.96. The first-order chi connectivity index (χ1) is 17.8. The maximum atomic E-state index is 12.8. The second-order valence-electron chi connectivity index (χ2n) is 8.91. The Bertz CT molecular complexity index is 1460. The molecule has 0 saturated heterocycles. The Kier molecular flexibility index (Phi) is 8.04. The van der Waals surface area contributed by atoms with Crippen molar-refractivity contribution >= 4 is 33.7 Å². The third-order valence-corrected chi connectivity index (χ3v) is 6.08. The van der Waals surface area contributed by atoms with Gasteiger partial charge in [-0.05, 0) is 37.1 Å². The molecule has 4 rings (SSSR count). The van der Waals surface area contributed by atoms with Gasteiger partial charge in [-0.3, -0.25) is 15.1 Å². The van der Waals surface area contributed by atoms with Gasteiger partial charge >= 0.3 is 0 Å². The molecule has 0 aliphatic heterocycles. The lowest BCUT2D eigenvalue weighted by Gasteiger charge is -2.19. The van der Waals surface area contributed by atoms with Crippen LogP contribution in [0.1, 0.15) is 19.5 Å². The first-order valence-corrected chi connectivity index (χ1v) is 12.0. The monoisotopic (exact) mass is 508 g/mol. The van der Waals surface area contributed by atoms with Crippen LogP contribution in [0.3, 0.4) is 0 Å². The van der Waals surface area contributed by atoms with Crippen LogP contribution < -0.4 is 30.4 Å². The number of anilines is 2. The number of aliphatic hydroxyl groups is 1. The Morgan fingerprint density at radius 3 is 2.46 bits per heavy atom. The van der Waals surface area contributed by atoms with E-state index in [0.717, 1.165) is 11.1 Å². The van der Waals surface area contributed by atoms with Crippen molar-refractivity contribution in [3.63, 3.8) is 0 Å². The summed E-state index contributed by atoms with van der Waals surface area (Å²) in [7, 11) is 3.14. The topological polar surface area (TPSA) is 144 Å². The highest BCUT2D eigenvalue weighted by Gasteiger charge is 2.13. The van der Waals surface area contributed by atoms with E-state index in [1.165, 1.54) is 0 Å². The molecule has 0 spiro atoms. The largest absolute Gasteiger partial charge is 0.493 e. The number of fused-ring (bicyclic) bond motifs is 2. The molecule has 0 amide bonds. The van der Waals surface area contributed by atoms with Gasteiger partial charge in [-0.25, -0.2) is 15.0 Å². The first kappa shape index (κ1) is 26.1. The summed E-state index contributed by atoms with van der Waals surface area (Å²) in [5.41, 5.74) is 1.57. The van der Waals surface area contributed by atoms with E-state index in [4.69, 9.17) is 14.2 Å². The van der Waals surface area contributed by atoms with Gasteiger partial charge in [-0.15, -0.1) is 0 Å². The lowest BCUT2D eigenvalue weighted by atomic mass is 10.1. The maximum absolute atomic E-state index is 12.8. The van der Waals surface area contributed by atoms with Crippen LogP contribution in [0, 0.1) is 12.8 Å². The van der Waals surface area contributed by atoms with Crippen LogP contribution in [-0.4, -0.2) is 65.1 Å². The van der Waals surface area contributed by atoms with Crippen LogP contribution in [0.25, 0.3) is 21.8 Å². The molecule has 1 atom stereocenters. The van der Waals surface area contributed by atoms with Gasteiger partial charge in [0.2, 0.25) is 11.9 Å². The first-order valence-electron chi connectivity index (χ1n) is 12.0. The van der Waals surface area contributed by atoms with Crippen LogP contribution in [-0.2, 0) is 0 Å². The van der Waals surface area contributed by atoms with E-state index in [1.54, 1.807) is 38.5 Å². The number of aliphatic hydroxyl groups excluding tert-OH is 1. The normalized spacial score (nSPS) is 12.2. The molecule has 0 fully saturated rings. The number of hydrogen-bond donors (Lipinski definition) is 4. The predicted molar refractivity (Wildman–Crippen MR) is 142 cm³/mol. The lowest BCUT2D eigenvalue weighted by Crippen LogP contribution is -2.39. The van der Waals surface area contributed by atoms with Crippen LogP contribution in [0.15, 0.2) is 35.1 Å². The highest BCUT2D eigenvalue weighted by molar-refractivity contribution is 5.86. The highest BCUT2D eigenvalue weighted by atomic mass is 16.5. The van der Waals surface area contributed by atoms with Crippen molar-refractivity contribution in [2.45, 2.75) is 26.8 Å². The number of nitrogens with one attached hydrogen (secondary N) is 3. The number of ether oxygens (including phenoxy) is 3. The summed E-state index contributed by atoms with van der Waals surface area (Å²) in [6.07, 6.45) is 0. The molecular weight excluding hydrogens is 476 g/mol. The highest BCUT2D eigenvalue weighted by Crippen LogP contribution is 2.33. The molecule has 196 valence electrons. The van der Waals surface area contributed by atoms with Crippen molar-refractivity contribution < 1.29 is 19.3 Å². The SMILES string of the molecule is COc1cc2nc(Nc3nc4ccc(OCCNC(CO)C(C)C)cc4c(=O)[nH]3)nc(C)c2cc1OC. The zero-order valence-corrected chi connectivity index (χ0v) is 21.6. The van der Waals surface area contributed by atoms with E-state index in [0.29, 0.717) is 52.7 Å². The number of hydrogen-bond acceptors (Lipinski definition) is 10. The number of H-pyrrole nitrogens is 1. The minimum absolute atomic E-state index is 0.0124. The standard InChI is InChI=1S/C26H32N6O5/c1-14(2)21(13-33)27-8-9-37-16-6-7-19-18(10-16)24(34)31-26(29-19)32-25-28-15(3)17-11-22(35-4)23(36-5)12-20(17)30-25/h6-7,10-12,14,21,27,33H,8-9,13H2,1-5H3,(H2,28,29,30,31,32,34). The molecule has 4 aromatic rings. The predicted octanol–water partition coefficient (Wildman–Crippen LogP) is 2.92. The van der Waals surface area contributed by atoms with Gasteiger partial charge in [0.25, 0.3) is 5.56 Å². The zero-order valence-electron chi connectivity index (χ0n) is 21.6. The molecule has 11 nitrogen and oxygen atoms in total. The number of aryl methyl sites for hydroxylation is 1. The van der Waals surface area contributed by atoms with Gasteiger partial charge in [0.1, 0.15) is 12.4 Å². The van der Waals surface area contributed by atoms with Crippen molar-refractivity contribution in [2.24, 2.45) is 5.92 Å². The van der Waals surface area contributed by atoms with Crippen LogP contribution >= 0.6 is 0 Å². The third kappa shape index (κ3) is 5.89. The molecule has 0 aliphatic carbocycles. The average molecular weight is 509 g/mol. The summed E-state index contributed by atoms with van der Waals surface area (Å²) >= 11 is 0. The Morgan fingerprint density at radius 1 is 1.00 bits per heavy atom. The molecule has 1 unspecified atom stereocenters. The van der Waals surface area contributed by atoms with Gasteiger partial charge in [0, 0.05) is 24.0 Å². The molecule has 0 radical (unpaired) electrons. The molecule has 0 saturated carbocycles. The summed E-state index contributed by atoms with van der Waals surface area (Å²) in [6.45, 7) is 6.99. The lowest BCUT2D eigenvalue weighted by molar-refractivity contribution is 0.202. The Morgan fingerprint density at radius 2 is 1.76 bits per heavy atom. The summed E-state index contributed by atoms with van der Waals surface area (Å²) in [5, 5.41) is 16.9. The number of methoxy groups -OCH3 is 2. The van der Waals surface area contributed by atoms with E-state index in [-0.39, 0.29) is 30.1 Å². The van der Waals surface area contributed by atoms with Crippen molar-refractivity contribution in [3.8, 4) is 17.2 Å². The Hall–Kier alpha value is -3.96. The quantitative estimate of drug-likeness (QED) is 0.223. The van der Waals surface area contributed by atoms with Crippen molar-refractivity contribution in [1.82, 2.24) is 25.3 Å². The van der Waals surface area contributed by atoms with Gasteiger partial charge in [-0.1, -0.05) is 13.8 Å². The van der Waals surface area contributed by atoms with Crippen LogP contribution in [0.5, 0.6) is 17.2 Å². The number of nitrogens with zero attached hydrogens (tertiary/aromatic N) is 3. The fourth-order valence-electron chi connectivity index (χ4n) is 3.96. The Labute approximate surface area is 214 Å². The van der Waals surface area contributed by atoms with Crippen molar-refractivity contribution in [1.29, 1.82) is 0 Å². The third-order valence-electron chi connectivity index (χ3n) is 6.08. The molecule has 2 aromatic heterocycles. The van der Waals surface area contributed by atoms with Gasteiger partial charge in [-0.2, -0.15) is 0 Å².